The number of rotatable bonds is 9. The Labute approximate surface area is 193 Å². The zero-order valence-corrected chi connectivity index (χ0v) is 19.3. The first-order chi connectivity index (χ1) is 16.0. The number of likely N-dealkylation sites (N-methyl/N-ethyl adjacent to an activating group) is 1. The molecule has 0 saturated heterocycles. The zero-order valence-electron chi connectivity index (χ0n) is 19.3. The van der Waals surface area contributed by atoms with Crippen LogP contribution in [0.1, 0.15) is 35.9 Å². The molecule has 0 aromatic carbocycles. The summed E-state index contributed by atoms with van der Waals surface area (Å²) in [5.74, 6) is 1.99. The number of anilines is 1. The maximum absolute atomic E-state index is 13.1. The van der Waals surface area contributed by atoms with Crippen molar-refractivity contribution in [3.63, 3.8) is 0 Å². The van der Waals surface area contributed by atoms with E-state index < -0.39 is 0 Å². The summed E-state index contributed by atoms with van der Waals surface area (Å²) in [4.78, 5) is 33.3. The molecule has 0 saturated carbocycles. The van der Waals surface area contributed by atoms with E-state index in [2.05, 4.69) is 9.97 Å². The fourth-order valence-corrected chi connectivity index (χ4v) is 3.96. The lowest BCUT2D eigenvalue weighted by Crippen LogP contribution is -2.38. The van der Waals surface area contributed by atoms with Crippen LogP contribution in [-0.2, 0) is 24.1 Å². The van der Waals surface area contributed by atoms with Crippen molar-refractivity contribution in [3.05, 3.63) is 59.2 Å². The predicted octanol–water partition coefficient (Wildman–Crippen LogP) is 2.74. The number of fused-ring (bicyclic) bond motifs is 1. The van der Waals surface area contributed by atoms with Crippen molar-refractivity contribution in [1.82, 2.24) is 19.9 Å². The number of nitrogens with zero attached hydrogens (tertiary/aromatic N) is 5. The molecule has 0 bridgehead atoms. The summed E-state index contributed by atoms with van der Waals surface area (Å²) < 4.78 is 5.52. The van der Waals surface area contributed by atoms with Gasteiger partial charge in [-0.3, -0.25) is 14.8 Å². The first kappa shape index (κ1) is 22.8. The van der Waals surface area contributed by atoms with Crippen LogP contribution in [0.15, 0.2) is 36.7 Å². The van der Waals surface area contributed by atoms with E-state index in [9.17, 15) is 4.79 Å². The largest absolute Gasteiger partial charge is 0.491 e. The van der Waals surface area contributed by atoms with Crippen molar-refractivity contribution >= 4 is 11.6 Å². The van der Waals surface area contributed by atoms with Gasteiger partial charge < -0.3 is 14.7 Å². The summed E-state index contributed by atoms with van der Waals surface area (Å²) in [5, 5.41) is 9.02. The smallest absolute Gasteiger partial charge is 0.180 e. The fraction of sp³-hybridized carbons (Fsp3) is 0.400. The van der Waals surface area contributed by atoms with Crippen LogP contribution in [0.2, 0.25) is 0 Å². The van der Waals surface area contributed by atoms with Crippen molar-refractivity contribution in [3.8, 4) is 17.3 Å². The highest BCUT2D eigenvalue weighted by atomic mass is 16.5. The molecular weight excluding hydrogens is 418 g/mol. The Balaban J connectivity index is 1.61. The van der Waals surface area contributed by atoms with Crippen LogP contribution >= 0.6 is 0 Å². The van der Waals surface area contributed by atoms with E-state index in [0.29, 0.717) is 23.7 Å². The van der Waals surface area contributed by atoms with Crippen LogP contribution in [0.4, 0.5) is 5.82 Å². The van der Waals surface area contributed by atoms with Gasteiger partial charge in [-0.1, -0.05) is 6.07 Å². The lowest BCUT2D eigenvalue weighted by Gasteiger charge is -2.27. The van der Waals surface area contributed by atoms with Gasteiger partial charge in [0.05, 0.1) is 12.6 Å². The molecule has 0 spiro atoms. The van der Waals surface area contributed by atoms with Crippen LogP contribution in [0.25, 0.3) is 11.5 Å². The summed E-state index contributed by atoms with van der Waals surface area (Å²) in [5.41, 5.74) is 4.54. The summed E-state index contributed by atoms with van der Waals surface area (Å²) in [7, 11) is 1.91. The third-order valence-electron chi connectivity index (χ3n) is 5.96. The molecule has 33 heavy (non-hydrogen) atoms. The van der Waals surface area contributed by atoms with Crippen LogP contribution in [-0.4, -0.2) is 57.1 Å². The van der Waals surface area contributed by atoms with Crippen LogP contribution in [0.5, 0.6) is 5.75 Å². The number of ketones is 1. The number of pyridine rings is 2. The Morgan fingerprint density at radius 3 is 2.82 bits per heavy atom. The standard InChI is InChI=1S/C25H29N5O3/c1-16-7-8-18(15-27-16)13-23(32)17(2)30(3)25-20-5-4-6-21(20)28-24(29-25)22-14-19(9-10-26-22)33-12-11-31/h7-10,14-15,17,31H,4-6,11-13H2,1-3H3/t17-/m1/s1. The second-order valence-electron chi connectivity index (χ2n) is 8.34. The SMILES string of the molecule is Cc1ccc(CC(=O)[C@@H](C)N(C)c2nc(-c3cc(OCCO)ccn3)nc3c2CCC3)cn1. The second kappa shape index (κ2) is 10.0. The zero-order chi connectivity index (χ0) is 23.4. The van der Waals surface area contributed by atoms with Gasteiger partial charge in [0, 0.05) is 48.9 Å². The average molecular weight is 448 g/mol. The molecule has 8 heteroatoms. The minimum atomic E-state index is -0.356. The average Bonchev–Trinajstić information content (AvgIpc) is 3.31. The molecule has 0 amide bonds. The summed E-state index contributed by atoms with van der Waals surface area (Å²) in [6.45, 7) is 3.98. The van der Waals surface area contributed by atoms with Gasteiger partial charge in [-0.25, -0.2) is 9.97 Å². The van der Waals surface area contributed by atoms with Gasteiger partial charge in [0.1, 0.15) is 23.9 Å². The highest BCUT2D eigenvalue weighted by molar-refractivity contribution is 5.88. The van der Waals surface area contributed by atoms with Crippen molar-refractivity contribution in [1.29, 1.82) is 0 Å². The van der Waals surface area contributed by atoms with E-state index in [0.717, 1.165) is 47.6 Å². The van der Waals surface area contributed by atoms with Crippen molar-refractivity contribution in [2.45, 2.75) is 45.6 Å². The molecule has 3 heterocycles. The number of aryl methyl sites for hydroxylation is 2. The molecule has 1 N–H and O–H groups in total. The first-order valence-electron chi connectivity index (χ1n) is 11.2. The molecule has 1 atom stereocenters. The van der Waals surface area contributed by atoms with E-state index in [1.165, 1.54) is 0 Å². The van der Waals surface area contributed by atoms with Crippen molar-refractivity contribution in [2.75, 3.05) is 25.2 Å². The Morgan fingerprint density at radius 1 is 1.21 bits per heavy atom. The monoisotopic (exact) mass is 447 g/mol. The summed E-state index contributed by atoms with van der Waals surface area (Å²) >= 11 is 0. The highest BCUT2D eigenvalue weighted by Crippen LogP contribution is 2.32. The normalized spacial score (nSPS) is 13.5. The minimum absolute atomic E-state index is 0.0630. The number of ether oxygens (including phenoxy) is 1. The van der Waals surface area contributed by atoms with Crippen LogP contribution in [0.3, 0.4) is 0 Å². The number of Topliss-reactive ketones (excluding diaryl/α,β-unsaturated/α-hetero) is 1. The molecule has 172 valence electrons. The Bertz CT molecular complexity index is 1130. The van der Waals surface area contributed by atoms with E-state index in [1.807, 2.05) is 37.9 Å². The van der Waals surface area contributed by atoms with Gasteiger partial charge in [0.25, 0.3) is 0 Å². The number of aromatic nitrogens is 4. The Morgan fingerprint density at radius 2 is 2.06 bits per heavy atom. The van der Waals surface area contributed by atoms with E-state index in [-0.39, 0.29) is 25.0 Å². The molecule has 0 unspecified atom stereocenters. The van der Waals surface area contributed by atoms with Gasteiger partial charge >= 0.3 is 0 Å². The number of aliphatic hydroxyl groups is 1. The first-order valence-corrected chi connectivity index (χ1v) is 11.2. The molecule has 0 fully saturated rings. The van der Waals surface area contributed by atoms with Gasteiger partial charge in [-0.05, 0) is 50.8 Å². The molecule has 1 aliphatic carbocycles. The summed E-state index contributed by atoms with van der Waals surface area (Å²) in [6.07, 6.45) is 6.51. The van der Waals surface area contributed by atoms with Crippen molar-refractivity contribution in [2.24, 2.45) is 0 Å². The minimum Gasteiger partial charge on any atom is -0.491 e. The predicted molar refractivity (Wildman–Crippen MR) is 125 cm³/mol. The number of carbonyl (C=O) groups is 1. The van der Waals surface area contributed by atoms with E-state index in [4.69, 9.17) is 19.8 Å². The number of hydrogen-bond donors (Lipinski definition) is 1. The van der Waals surface area contributed by atoms with Crippen LogP contribution < -0.4 is 9.64 Å². The quantitative estimate of drug-likeness (QED) is 0.534. The molecular formula is C25H29N5O3. The Kier molecular flexibility index (Phi) is 6.93. The molecule has 1 aliphatic rings. The second-order valence-corrected chi connectivity index (χ2v) is 8.34. The lowest BCUT2D eigenvalue weighted by atomic mass is 10.0. The van der Waals surface area contributed by atoms with Crippen molar-refractivity contribution < 1.29 is 14.6 Å². The number of aliphatic hydroxyl groups excluding tert-OH is 1. The van der Waals surface area contributed by atoms with E-state index in [1.54, 1.807) is 24.5 Å². The highest BCUT2D eigenvalue weighted by Gasteiger charge is 2.27. The molecule has 4 rings (SSSR count). The van der Waals surface area contributed by atoms with Gasteiger partial charge in [0.15, 0.2) is 11.6 Å². The molecule has 0 aliphatic heterocycles. The maximum Gasteiger partial charge on any atom is 0.180 e. The third-order valence-corrected chi connectivity index (χ3v) is 5.96. The Hall–Kier alpha value is -3.39. The van der Waals surface area contributed by atoms with Gasteiger partial charge in [-0.2, -0.15) is 0 Å². The maximum atomic E-state index is 13.1. The molecule has 8 nitrogen and oxygen atoms in total. The molecule has 3 aromatic heterocycles. The topological polar surface area (TPSA) is 101 Å². The molecule has 0 radical (unpaired) electrons. The summed E-state index contributed by atoms with van der Waals surface area (Å²) in [6, 6.07) is 7.03. The lowest BCUT2D eigenvalue weighted by molar-refractivity contribution is -0.119. The molecule has 3 aromatic rings. The fourth-order valence-electron chi connectivity index (χ4n) is 3.96. The van der Waals surface area contributed by atoms with Gasteiger partial charge in [-0.15, -0.1) is 0 Å². The third kappa shape index (κ3) is 5.17. The van der Waals surface area contributed by atoms with Crippen LogP contribution in [0, 0.1) is 6.92 Å². The number of hydrogen-bond acceptors (Lipinski definition) is 8. The van der Waals surface area contributed by atoms with E-state index >= 15 is 0 Å². The van der Waals surface area contributed by atoms with Gasteiger partial charge in [0.2, 0.25) is 0 Å². The number of carbonyl (C=O) groups excluding carboxylic acids is 1.